The fourth-order valence-corrected chi connectivity index (χ4v) is 1.97. The highest BCUT2D eigenvalue weighted by Gasteiger charge is 2.22. The number of nitrogens with one attached hydrogen (secondary N) is 1. The summed E-state index contributed by atoms with van der Waals surface area (Å²) in [6, 6.07) is 9.90. The lowest BCUT2D eigenvalue weighted by atomic mass is 10.1. The van der Waals surface area contributed by atoms with Gasteiger partial charge in [0.2, 0.25) is 11.7 Å². The van der Waals surface area contributed by atoms with E-state index >= 15 is 0 Å². The van der Waals surface area contributed by atoms with Gasteiger partial charge in [-0.3, -0.25) is 0 Å². The van der Waals surface area contributed by atoms with Crippen LogP contribution in [0.15, 0.2) is 34.9 Å². The normalized spacial score (nSPS) is 18.9. The Bertz CT molecular complexity index is 466. The van der Waals surface area contributed by atoms with Crippen molar-refractivity contribution in [2.75, 3.05) is 13.1 Å². The van der Waals surface area contributed by atoms with Gasteiger partial charge in [-0.1, -0.05) is 35.5 Å². The summed E-state index contributed by atoms with van der Waals surface area (Å²) in [5, 5.41) is 7.31. The highest BCUT2D eigenvalue weighted by molar-refractivity contribution is 5.85. The molecule has 1 saturated heterocycles. The minimum atomic E-state index is 0. The Kier molecular flexibility index (Phi) is 3.76. The second-order valence-electron chi connectivity index (χ2n) is 4.01. The predicted octanol–water partition coefficient (Wildman–Crippen LogP) is 2.24. The zero-order chi connectivity index (χ0) is 10.8. The SMILES string of the molecule is Cl.c1ccc(-c2noc([C@H]3CCNC3)n2)cc1. The lowest BCUT2D eigenvalue weighted by Crippen LogP contribution is -2.08. The molecule has 1 aliphatic rings. The van der Waals surface area contributed by atoms with E-state index in [0.717, 1.165) is 31.0 Å². The number of nitrogens with zero attached hydrogens (tertiary/aromatic N) is 2. The maximum atomic E-state index is 5.30. The first-order valence-electron chi connectivity index (χ1n) is 5.53. The van der Waals surface area contributed by atoms with Crippen LogP contribution in [0.1, 0.15) is 18.2 Å². The Balaban J connectivity index is 0.00000108. The molecule has 1 fully saturated rings. The zero-order valence-corrected chi connectivity index (χ0v) is 10.1. The lowest BCUT2D eigenvalue weighted by molar-refractivity contribution is 0.359. The van der Waals surface area contributed by atoms with Gasteiger partial charge in [0.1, 0.15) is 0 Å². The molecule has 0 unspecified atom stereocenters. The molecular formula is C12H14ClN3O. The molecule has 0 radical (unpaired) electrons. The zero-order valence-electron chi connectivity index (χ0n) is 9.30. The van der Waals surface area contributed by atoms with Crippen molar-refractivity contribution in [3.8, 4) is 11.4 Å². The first kappa shape index (κ1) is 12.1. The van der Waals surface area contributed by atoms with Crippen LogP contribution in [0, 0.1) is 0 Å². The third-order valence-corrected chi connectivity index (χ3v) is 2.88. The van der Waals surface area contributed by atoms with Gasteiger partial charge in [0.05, 0.1) is 5.92 Å². The maximum Gasteiger partial charge on any atom is 0.231 e. The quantitative estimate of drug-likeness (QED) is 0.889. The number of hydrogen-bond acceptors (Lipinski definition) is 4. The van der Waals surface area contributed by atoms with E-state index in [0.29, 0.717) is 11.7 Å². The summed E-state index contributed by atoms with van der Waals surface area (Å²) in [6.45, 7) is 1.98. The molecule has 0 amide bonds. The van der Waals surface area contributed by atoms with Gasteiger partial charge in [-0.25, -0.2) is 0 Å². The van der Waals surface area contributed by atoms with Gasteiger partial charge in [0, 0.05) is 12.1 Å². The third kappa shape index (κ3) is 2.48. The van der Waals surface area contributed by atoms with Crippen molar-refractivity contribution in [1.82, 2.24) is 15.5 Å². The largest absolute Gasteiger partial charge is 0.339 e. The molecule has 2 heterocycles. The van der Waals surface area contributed by atoms with Crippen LogP contribution in [0.4, 0.5) is 0 Å². The van der Waals surface area contributed by atoms with Crippen molar-refractivity contribution in [2.24, 2.45) is 0 Å². The van der Waals surface area contributed by atoms with Crippen LogP contribution in [-0.4, -0.2) is 23.2 Å². The van der Waals surface area contributed by atoms with Gasteiger partial charge in [-0.2, -0.15) is 4.98 Å². The summed E-state index contributed by atoms with van der Waals surface area (Å²) in [7, 11) is 0. The molecule has 4 nitrogen and oxygen atoms in total. The molecule has 0 aliphatic carbocycles. The van der Waals surface area contributed by atoms with Crippen LogP contribution in [0.5, 0.6) is 0 Å². The van der Waals surface area contributed by atoms with Crippen LogP contribution < -0.4 is 5.32 Å². The molecule has 0 bridgehead atoms. The summed E-state index contributed by atoms with van der Waals surface area (Å²) in [5.41, 5.74) is 1.00. The van der Waals surface area contributed by atoms with Crippen LogP contribution in [0.25, 0.3) is 11.4 Å². The fraction of sp³-hybridized carbons (Fsp3) is 0.333. The van der Waals surface area contributed by atoms with Crippen molar-refractivity contribution >= 4 is 12.4 Å². The Morgan fingerprint density at radius 1 is 1.24 bits per heavy atom. The molecule has 5 heteroatoms. The first-order chi connectivity index (χ1) is 7.93. The number of aromatic nitrogens is 2. The molecule has 17 heavy (non-hydrogen) atoms. The van der Waals surface area contributed by atoms with Gasteiger partial charge in [-0.05, 0) is 13.0 Å². The first-order valence-corrected chi connectivity index (χ1v) is 5.53. The van der Waals surface area contributed by atoms with Gasteiger partial charge in [0.25, 0.3) is 0 Å². The molecule has 1 N–H and O–H groups in total. The standard InChI is InChI=1S/C12H13N3O.ClH/c1-2-4-9(5-3-1)11-14-12(16-15-11)10-6-7-13-8-10;/h1-5,10,13H,6-8H2;1H/t10-;/m0./s1. The van der Waals surface area contributed by atoms with E-state index in [1.165, 1.54) is 0 Å². The van der Waals surface area contributed by atoms with E-state index < -0.39 is 0 Å². The van der Waals surface area contributed by atoms with Gasteiger partial charge >= 0.3 is 0 Å². The average molecular weight is 252 g/mol. The monoisotopic (exact) mass is 251 g/mol. The molecule has 2 aromatic rings. The molecule has 90 valence electrons. The highest BCUT2D eigenvalue weighted by Crippen LogP contribution is 2.23. The lowest BCUT2D eigenvalue weighted by Gasteiger charge is -1.98. The smallest absolute Gasteiger partial charge is 0.231 e. The molecule has 1 aliphatic heterocycles. The molecule has 1 aromatic heterocycles. The van der Waals surface area contributed by atoms with Crippen molar-refractivity contribution in [1.29, 1.82) is 0 Å². The third-order valence-electron chi connectivity index (χ3n) is 2.88. The van der Waals surface area contributed by atoms with Crippen LogP contribution in [-0.2, 0) is 0 Å². The Morgan fingerprint density at radius 2 is 2.06 bits per heavy atom. The fourth-order valence-electron chi connectivity index (χ4n) is 1.97. The second kappa shape index (κ2) is 5.29. The number of halogens is 1. The molecular weight excluding hydrogens is 238 g/mol. The van der Waals surface area contributed by atoms with E-state index in [1.54, 1.807) is 0 Å². The summed E-state index contributed by atoms with van der Waals surface area (Å²) in [5.74, 6) is 1.82. The predicted molar refractivity (Wildman–Crippen MR) is 67.2 cm³/mol. The molecule has 0 spiro atoms. The van der Waals surface area contributed by atoms with Crippen molar-refractivity contribution in [3.05, 3.63) is 36.2 Å². The van der Waals surface area contributed by atoms with E-state index in [9.17, 15) is 0 Å². The van der Waals surface area contributed by atoms with E-state index in [1.807, 2.05) is 30.3 Å². The van der Waals surface area contributed by atoms with E-state index in [-0.39, 0.29) is 12.4 Å². The summed E-state index contributed by atoms with van der Waals surface area (Å²) >= 11 is 0. The molecule has 1 atom stereocenters. The van der Waals surface area contributed by atoms with Gasteiger partial charge in [-0.15, -0.1) is 12.4 Å². The second-order valence-corrected chi connectivity index (χ2v) is 4.01. The number of benzene rings is 1. The topological polar surface area (TPSA) is 51.0 Å². The number of rotatable bonds is 2. The average Bonchev–Trinajstić information content (AvgIpc) is 3.01. The summed E-state index contributed by atoms with van der Waals surface area (Å²) < 4.78 is 5.30. The van der Waals surface area contributed by atoms with Crippen molar-refractivity contribution < 1.29 is 4.52 Å². The maximum absolute atomic E-state index is 5.30. The van der Waals surface area contributed by atoms with Gasteiger partial charge < -0.3 is 9.84 Å². The van der Waals surface area contributed by atoms with Gasteiger partial charge in [0.15, 0.2) is 0 Å². The van der Waals surface area contributed by atoms with Crippen molar-refractivity contribution in [3.63, 3.8) is 0 Å². The Hall–Kier alpha value is -1.39. The number of hydrogen-bond donors (Lipinski definition) is 1. The summed E-state index contributed by atoms with van der Waals surface area (Å²) in [6.07, 6.45) is 1.08. The van der Waals surface area contributed by atoms with Crippen LogP contribution in [0.3, 0.4) is 0 Å². The molecule has 3 rings (SSSR count). The Morgan fingerprint density at radius 3 is 2.76 bits per heavy atom. The minimum Gasteiger partial charge on any atom is -0.339 e. The van der Waals surface area contributed by atoms with Crippen LogP contribution >= 0.6 is 12.4 Å². The Labute approximate surface area is 106 Å². The minimum absolute atomic E-state index is 0. The van der Waals surface area contributed by atoms with E-state index in [4.69, 9.17) is 4.52 Å². The van der Waals surface area contributed by atoms with Crippen LogP contribution in [0.2, 0.25) is 0 Å². The summed E-state index contributed by atoms with van der Waals surface area (Å²) in [4.78, 5) is 4.44. The molecule has 1 aromatic carbocycles. The highest BCUT2D eigenvalue weighted by atomic mass is 35.5. The van der Waals surface area contributed by atoms with Crippen molar-refractivity contribution in [2.45, 2.75) is 12.3 Å². The van der Waals surface area contributed by atoms with E-state index in [2.05, 4.69) is 15.5 Å². The molecule has 0 saturated carbocycles.